The third kappa shape index (κ3) is 3.83. The third-order valence-corrected chi connectivity index (χ3v) is 4.87. The fourth-order valence-corrected chi connectivity index (χ4v) is 3.04. The number of halogens is 1. The van der Waals surface area contributed by atoms with Gasteiger partial charge in [0.2, 0.25) is 0 Å². The minimum atomic E-state index is -1.35. The highest BCUT2D eigenvalue weighted by Gasteiger charge is 2.21. The highest BCUT2D eigenvalue weighted by Crippen LogP contribution is 2.27. The summed E-state index contributed by atoms with van der Waals surface area (Å²) in [7, 11) is 0. The van der Waals surface area contributed by atoms with Gasteiger partial charge in [0.05, 0.1) is 0 Å². The van der Waals surface area contributed by atoms with Crippen LogP contribution in [0.25, 0.3) is 11.1 Å². The van der Waals surface area contributed by atoms with Gasteiger partial charge in [-0.05, 0) is 29.7 Å². The van der Waals surface area contributed by atoms with Crippen LogP contribution in [0, 0.1) is 5.82 Å². The zero-order valence-electron chi connectivity index (χ0n) is 11.6. The molecule has 0 bridgehead atoms. The monoisotopic (exact) mass is 305 g/mol. The molecule has 0 heterocycles. The maximum absolute atomic E-state index is 13.7. The molecule has 0 saturated heterocycles. The van der Waals surface area contributed by atoms with E-state index >= 15 is 0 Å². The molecule has 0 spiro atoms. The minimum Gasteiger partial charge on any atom is -0.615 e. The maximum Gasteiger partial charge on any atom is 0.267 e. The summed E-state index contributed by atoms with van der Waals surface area (Å²) in [6.45, 7) is 1.77. The van der Waals surface area contributed by atoms with E-state index in [4.69, 9.17) is 5.73 Å². The number of carbonyl (C=O) groups is 1. The predicted octanol–water partition coefficient (Wildman–Crippen LogP) is 2.79. The second kappa shape index (κ2) is 6.74. The summed E-state index contributed by atoms with van der Waals surface area (Å²) in [5.74, 6) is -1.02. The number of hydrogen-bond donors (Lipinski definition) is 1. The van der Waals surface area contributed by atoms with Crippen LogP contribution in [0.15, 0.2) is 48.5 Å². The first-order valence-corrected chi connectivity index (χ1v) is 7.87. The molecule has 0 aromatic heterocycles. The van der Waals surface area contributed by atoms with Gasteiger partial charge < -0.3 is 10.3 Å². The van der Waals surface area contributed by atoms with Gasteiger partial charge in [-0.15, -0.1) is 0 Å². The van der Waals surface area contributed by atoms with E-state index in [1.807, 2.05) is 0 Å². The average Bonchev–Trinajstić information content (AvgIpc) is 2.46. The first-order chi connectivity index (χ1) is 9.99. The van der Waals surface area contributed by atoms with Crippen molar-refractivity contribution in [1.29, 1.82) is 0 Å². The number of carbonyl (C=O) groups excluding carboxylic acids is 1. The molecule has 2 unspecified atom stereocenters. The lowest BCUT2D eigenvalue weighted by Gasteiger charge is -2.17. The number of nitrogens with two attached hydrogens (primary N) is 1. The van der Waals surface area contributed by atoms with Gasteiger partial charge in [-0.25, -0.2) is 4.39 Å². The highest BCUT2D eigenvalue weighted by atomic mass is 32.2. The SMILES string of the molecule is CC(c1ccc(-c2ccccc2F)cc1)[S+]([O-])CC(N)=O. The Morgan fingerprint density at radius 2 is 1.86 bits per heavy atom. The Balaban J connectivity index is 2.19. The molecule has 0 saturated carbocycles. The largest absolute Gasteiger partial charge is 0.615 e. The molecule has 2 N–H and O–H groups in total. The first-order valence-electron chi connectivity index (χ1n) is 6.49. The molecule has 0 fully saturated rings. The van der Waals surface area contributed by atoms with Crippen LogP contribution in [0.2, 0.25) is 0 Å². The summed E-state index contributed by atoms with van der Waals surface area (Å²) >= 11 is -1.35. The van der Waals surface area contributed by atoms with Crippen molar-refractivity contribution in [3.63, 3.8) is 0 Å². The van der Waals surface area contributed by atoms with Crippen molar-refractivity contribution in [2.75, 3.05) is 5.75 Å². The molecular formula is C16H16FNO2S. The molecule has 0 aliphatic rings. The quantitative estimate of drug-likeness (QED) is 0.863. The van der Waals surface area contributed by atoms with Crippen LogP contribution in [0.5, 0.6) is 0 Å². The van der Waals surface area contributed by atoms with Gasteiger partial charge in [-0.3, -0.25) is 4.79 Å². The van der Waals surface area contributed by atoms with Gasteiger partial charge >= 0.3 is 0 Å². The van der Waals surface area contributed by atoms with Crippen molar-refractivity contribution < 1.29 is 13.7 Å². The molecule has 5 heteroatoms. The summed E-state index contributed by atoms with van der Waals surface area (Å²) in [5.41, 5.74) is 7.16. The molecule has 2 aromatic rings. The third-order valence-electron chi connectivity index (χ3n) is 3.24. The second-order valence-corrected chi connectivity index (χ2v) is 6.49. The maximum atomic E-state index is 13.7. The summed E-state index contributed by atoms with van der Waals surface area (Å²) in [5, 5.41) is -0.299. The van der Waals surface area contributed by atoms with Gasteiger partial charge in [0.1, 0.15) is 11.1 Å². The summed E-state index contributed by atoms with van der Waals surface area (Å²) < 4.78 is 25.6. The normalized spacial score (nSPS) is 13.7. The molecule has 0 aliphatic heterocycles. The first kappa shape index (κ1) is 15.5. The summed E-state index contributed by atoms with van der Waals surface area (Å²) in [4.78, 5) is 10.8. The van der Waals surface area contributed by atoms with E-state index in [1.165, 1.54) is 6.07 Å². The van der Waals surface area contributed by atoms with Gasteiger partial charge in [0.25, 0.3) is 5.91 Å². The van der Waals surface area contributed by atoms with E-state index in [1.54, 1.807) is 49.4 Å². The molecule has 2 atom stereocenters. The van der Waals surface area contributed by atoms with E-state index in [9.17, 15) is 13.7 Å². The standard InChI is InChI=1S/C16H16FNO2S/c1-11(21(20)10-16(18)19)12-6-8-13(9-7-12)14-4-2-3-5-15(14)17/h2-9,11H,10H2,1H3,(H2,18,19). The van der Waals surface area contributed by atoms with Crippen molar-refractivity contribution in [2.45, 2.75) is 12.2 Å². The van der Waals surface area contributed by atoms with Gasteiger partial charge in [0.15, 0.2) is 5.75 Å². The topological polar surface area (TPSA) is 66.2 Å². The number of hydrogen-bond acceptors (Lipinski definition) is 2. The highest BCUT2D eigenvalue weighted by molar-refractivity contribution is 7.92. The zero-order chi connectivity index (χ0) is 15.4. The van der Waals surface area contributed by atoms with Crippen molar-refractivity contribution in [3.8, 4) is 11.1 Å². The molecule has 0 aliphatic carbocycles. The van der Waals surface area contributed by atoms with Crippen LogP contribution in [0.1, 0.15) is 17.7 Å². The fraction of sp³-hybridized carbons (Fsp3) is 0.188. The van der Waals surface area contributed by atoms with Crippen LogP contribution in [-0.2, 0) is 16.0 Å². The molecule has 21 heavy (non-hydrogen) atoms. The van der Waals surface area contributed by atoms with Crippen LogP contribution < -0.4 is 5.73 Å². The lowest BCUT2D eigenvalue weighted by Crippen LogP contribution is -2.26. The lowest BCUT2D eigenvalue weighted by atomic mass is 10.0. The Labute approximate surface area is 126 Å². The van der Waals surface area contributed by atoms with Crippen molar-refractivity contribution >= 4 is 17.1 Å². The summed E-state index contributed by atoms with van der Waals surface area (Å²) in [6, 6.07) is 13.7. The molecule has 1 amide bonds. The number of primary amides is 1. The van der Waals surface area contributed by atoms with Crippen LogP contribution in [-0.4, -0.2) is 16.2 Å². The summed E-state index contributed by atoms with van der Waals surface area (Å²) in [6.07, 6.45) is 0. The van der Waals surface area contributed by atoms with Crippen LogP contribution in [0.4, 0.5) is 4.39 Å². The average molecular weight is 305 g/mol. The number of benzene rings is 2. The van der Waals surface area contributed by atoms with Gasteiger partial charge in [-0.1, -0.05) is 42.5 Å². The molecule has 110 valence electrons. The van der Waals surface area contributed by atoms with Crippen LogP contribution in [0.3, 0.4) is 0 Å². The van der Waals surface area contributed by atoms with E-state index in [0.29, 0.717) is 5.56 Å². The Bertz CT molecular complexity index is 630. The molecule has 3 nitrogen and oxygen atoms in total. The van der Waals surface area contributed by atoms with E-state index < -0.39 is 17.1 Å². The van der Waals surface area contributed by atoms with Gasteiger partial charge in [-0.2, -0.15) is 0 Å². The van der Waals surface area contributed by atoms with Crippen molar-refractivity contribution in [3.05, 3.63) is 59.9 Å². The minimum absolute atomic E-state index is 0.157. The van der Waals surface area contributed by atoms with Crippen molar-refractivity contribution in [1.82, 2.24) is 0 Å². The van der Waals surface area contributed by atoms with E-state index in [0.717, 1.165) is 11.1 Å². The predicted molar refractivity (Wildman–Crippen MR) is 82.5 cm³/mol. The van der Waals surface area contributed by atoms with Gasteiger partial charge in [0, 0.05) is 11.1 Å². The molecule has 2 aromatic carbocycles. The Morgan fingerprint density at radius 1 is 1.24 bits per heavy atom. The van der Waals surface area contributed by atoms with Crippen molar-refractivity contribution in [2.24, 2.45) is 5.73 Å². The number of rotatable bonds is 5. The van der Waals surface area contributed by atoms with E-state index in [-0.39, 0.29) is 16.8 Å². The van der Waals surface area contributed by atoms with Crippen LogP contribution >= 0.6 is 0 Å². The Kier molecular flexibility index (Phi) is 4.98. The molecule has 0 radical (unpaired) electrons. The molecular weight excluding hydrogens is 289 g/mol. The second-order valence-electron chi connectivity index (χ2n) is 4.74. The van der Waals surface area contributed by atoms with E-state index in [2.05, 4.69) is 0 Å². The Morgan fingerprint density at radius 3 is 2.43 bits per heavy atom. The molecule has 2 rings (SSSR count). The lowest BCUT2D eigenvalue weighted by molar-refractivity contribution is -0.115. The Hall–Kier alpha value is -1.85. The smallest absolute Gasteiger partial charge is 0.267 e. The fourth-order valence-electron chi connectivity index (χ4n) is 2.05. The number of amides is 1. The zero-order valence-corrected chi connectivity index (χ0v) is 12.4.